The summed E-state index contributed by atoms with van der Waals surface area (Å²) in [4.78, 5) is 10.9. The number of methoxy groups -OCH3 is 1. The number of hydrogen-bond donors (Lipinski definition) is 2. The second kappa shape index (κ2) is 5.83. The van der Waals surface area contributed by atoms with Gasteiger partial charge in [0.1, 0.15) is 4.90 Å². The fraction of sp³-hybridized carbons (Fsp3) is 0.364. The Morgan fingerprint density at radius 1 is 1.44 bits per heavy atom. The smallest absolute Gasteiger partial charge is 0.306 e. The van der Waals surface area contributed by atoms with Crippen molar-refractivity contribution in [1.82, 2.24) is 4.72 Å². The van der Waals surface area contributed by atoms with E-state index in [0.717, 1.165) is 5.56 Å². The van der Waals surface area contributed by atoms with Gasteiger partial charge in [0.2, 0.25) is 10.0 Å². The van der Waals surface area contributed by atoms with E-state index in [1.807, 2.05) is 6.92 Å². The van der Waals surface area contributed by atoms with Crippen molar-refractivity contribution in [3.8, 4) is 0 Å². The maximum Gasteiger partial charge on any atom is 0.306 e. The highest BCUT2D eigenvalue weighted by Gasteiger charge is 2.17. The number of aryl methyl sites for hydroxylation is 1. The van der Waals surface area contributed by atoms with Crippen LogP contribution in [-0.4, -0.2) is 28.0 Å². The zero-order valence-electron chi connectivity index (χ0n) is 10.3. The van der Waals surface area contributed by atoms with Gasteiger partial charge in [0, 0.05) is 6.54 Å². The second-order valence-electron chi connectivity index (χ2n) is 3.77. The Balaban J connectivity index is 2.77. The molecule has 0 fully saturated rings. The number of nitrogens with one attached hydrogen (secondary N) is 1. The highest BCUT2D eigenvalue weighted by molar-refractivity contribution is 7.89. The third kappa shape index (κ3) is 3.71. The normalized spacial score (nSPS) is 11.2. The van der Waals surface area contributed by atoms with Crippen LogP contribution in [0.5, 0.6) is 0 Å². The topological polar surface area (TPSA) is 98.5 Å². The highest BCUT2D eigenvalue weighted by Crippen LogP contribution is 2.19. The quantitative estimate of drug-likeness (QED) is 0.598. The van der Waals surface area contributed by atoms with Gasteiger partial charge in [-0.15, -0.1) is 0 Å². The Bertz CT molecular complexity index is 540. The number of carbonyl (C=O) groups is 1. The van der Waals surface area contributed by atoms with Crippen LogP contribution in [0.25, 0.3) is 0 Å². The van der Waals surface area contributed by atoms with Crippen molar-refractivity contribution in [2.24, 2.45) is 0 Å². The molecule has 6 nitrogen and oxygen atoms in total. The molecule has 0 saturated carbocycles. The maximum atomic E-state index is 11.9. The average molecular weight is 272 g/mol. The molecule has 7 heteroatoms. The molecular formula is C11H16N2O4S. The molecule has 1 rings (SSSR count). The van der Waals surface area contributed by atoms with Crippen molar-refractivity contribution in [3.05, 3.63) is 23.8 Å². The highest BCUT2D eigenvalue weighted by atomic mass is 32.2. The summed E-state index contributed by atoms with van der Waals surface area (Å²) >= 11 is 0. The molecule has 0 aliphatic rings. The van der Waals surface area contributed by atoms with Crippen molar-refractivity contribution >= 4 is 21.7 Å². The average Bonchev–Trinajstić information content (AvgIpc) is 2.27. The van der Waals surface area contributed by atoms with E-state index in [0.29, 0.717) is 0 Å². The Hall–Kier alpha value is -1.60. The molecule has 18 heavy (non-hydrogen) atoms. The lowest BCUT2D eigenvalue weighted by Crippen LogP contribution is -2.27. The number of sulfonamides is 1. The van der Waals surface area contributed by atoms with Gasteiger partial charge in [-0.1, -0.05) is 6.07 Å². The van der Waals surface area contributed by atoms with Crippen LogP contribution < -0.4 is 10.5 Å². The number of rotatable bonds is 5. The lowest BCUT2D eigenvalue weighted by atomic mass is 10.2. The summed E-state index contributed by atoms with van der Waals surface area (Å²) < 4.78 is 30.5. The molecule has 3 N–H and O–H groups in total. The third-order valence-corrected chi connectivity index (χ3v) is 3.84. The molecule has 0 heterocycles. The first kappa shape index (κ1) is 14.5. The summed E-state index contributed by atoms with van der Waals surface area (Å²) in [5.74, 6) is -0.477. The lowest BCUT2D eigenvalue weighted by molar-refractivity contribution is -0.140. The summed E-state index contributed by atoms with van der Waals surface area (Å²) in [6, 6.07) is 4.67. The number of anilines is 1. The summed E-state index contributed by atoms with van der Waals surface area (Å²) in [5, 5.41) is 0. The Labute approximate surface area is 106 Å². The van der Waals surface area contributed by atoms with Gasteiger partial charge in [-0.05, 0) is 24.6 Å². The van der Waals surface area contributed by atoms with Crippen molar-refractivity contribution < 1.29 is 17.9 Å². The van der Waals surface area contributed by atoms with Crippen molar-refractivity contribution in [2.75, 3.05) is 19.4 Å². The largest absolute Gasteiger partial charge is 0.469 e. The van der Waals surface area contributed by atoms with Crippen LogP contribution in [0.2, 0.25) is 0 Å². The number of nitrogens with two attached hydrogens (primary N) is 1. The summed E-state index contributed by atoms with van der Waals surface area (Å²) in [5.41, 5.74) is 6.71. The SMILES string of the molecule is COC(=O)CCNS(=O)(=O)c1ccc(C)cc1N. The van der Waals surface area contributed by atoms with E-state index >= 15 is 0 Å². The summed E-state index contributed by atoms with van der Waals surface area (Å²) in [6.07, 6.45) is -0.0263. The summed E-state index contributed by atoms with van der Waals surface area (Å²) in [6.45, 7) is 1.79. The van der Waals surface area contributed by atoms with Gasteiger partial charge in [-0.2, -0.15) is 0 Å². The Morgan fingerprint density at radius 3 is 2.67 bits per heavy atom. The molecule has 0 aromatic heterocycles. The van der Waals surface area contributed by atoms with Crippen molar-refractivity contribution in [3.63, 3.8) is 0 Å². The first-order valence-corrected chi connectivity index (χ1v) is 6.78. The maximum absolute atomic E-state index is 11.9. The number of hydrogen-bond acceptors (Lipinski definition) is 5. The van der Waals surface area contributed by atoms with Crippen molar-refractivity contribution in [2.45, 2.75) is 18.2 Å². The molecule has 1 aromatic rings. The minimum Gasteiger partial charge on any atom is -0.469 e. The van der Waals surface area contributed by atoms with Gasteiger partial charge in [0.15, 0.2) is 0 Å². The van der Waals surface area contributed by atoms with Crippen LogP contribution in [0.4, 0.5) is 5.69 Å². The van der Waals surface area contributed by atoms with E-state index in [9.17, 15) is 13.2 Å². The van der Waals surface area contributed by atoms with E-state index in [1.54, 1.807) is 12.1 Å². The van der Waals surface area contributed by atoms with Crippen LogP contribution in [0.1, 0.15) is 12.0 Å². The van der Waals surface area contributed by atoms with E-state index in [4.69, 9.17) is 5.73 Å². The first-order valence-electron chi connectivity index (χ1n) is 5.29. The monoisotopic (exact) mass is 272 g/mol. The van der Waals surface area contributed by atoms with Gasteiger partial charge in [-0.25, -0.2) is 13.1 Å². The fourth-order valence-electron chi connectivity index (χ4n) is 1.38. The molecule has 0 amide bonds. The third-order valence-electron chi connectivity index (χ3n) is 2.30. The molecule has 1 aromatic carbocycles. The number of carbonyl (C=O) groups excluding carboxylic acids is 1. The zero-order valence-corrected chi connectivity index (χ0v) is 11.1. The molecule has 0 unspecified atom stereocenters. The van der Waals surface area contributed by atoms with Gasteiger partial charge >= 0.3 is 5.97 Å². The Kier molecular flexibility index (Phi) is 4.69. The van der Waals surface area contributed by atoms with Gasteiger partial charge in [0.05, 0.1) is 19.2 Å². The molecule has 0 aliphatic heterocycles. The van der Waals surface area contributed by atoms with Crippen LogP contribution in [0, 0.1) is 6.92 Å². The number of ether oxygens (including phenoxy) is 1. The van der Waals surface area contributed by atoms with Crippen LogP contribution in [-0.2, 0) is 19.6 Å². The number of nitrogen functional groups attached to an aromatic ring is 1. The van der Waals surface area contributed by atoms with Gasteiger partial charge in [-0.3, -0.25) is 4.79 Å². The minimum absolute atomic E-state index is 0.0120. The van der Waals surface area contributed by atoms with Crippen LogP contribution in [0.15, 0.2) is 23.1 Å². The number of esters is 1. The molecule has 0 saturated heterocycles. The molecule has 0 radical (unpaired) electrons. The summed E-state index contributed by atoms with van der Waals surface area (Å²) in [7, 11) is -2.45. The van der Waals surface area contributed by atoms with Crippen molar-refractivity contribution in [1.29, 1.82) is 0 Å². The molecule has 0 spiro atoms. The van der Waals surface area contributed by atoms with E-state index in [-0.39, 0.29) is 23.5 Å². The lowest BCUT2D eigenvalue weighted by Gasteiger charge is -2.09. The fourth-order valence-corrected chi connectivity index (χ4v) is 2.52. The van der Waals surface area contributed by atoms with Gasteiger partial charge in [0.25, 0.3) is 0 Å². The minimum atomic E-state index is -3.69. The zero-order chi connectivity index (χ0) is 13.8. The predicted molar refractivity (Wildman–Crippen MR) is 67.4 cm³/mol. The standard InChI is InChI=1S/C11H16N2O4S/c1-8-3-4-10(9(12)7-8)18(15,16)13-6-5-11(14)17-2/h3-4,7,13H,5-6,12H2,1-2H3. The van der Waals surface area contributed by atoms with E-state index < -0.39 is 16.0 Å². The molecule has 0 atom stereocenters. The predicted octanol–water partition coefficient (Wildman–Crippen LogP) is 0.419. The number of benzene rings is 1. The molecule has 0 bridgehead atoms. The molecule has 100 valence electrons. The van der Waals surface area contributed by atoms with Gasteiger partial charge < -0.3 is 10.5 Å². The van der Waals surface area contributed by atoms with Crippen LogP contribution in [0.3, 0.4) is 0 Å². The Morgan fingerprint density at radius 2 is 2.11 bits per heavy atom. The second-order valence-corrected chi connectivity index (χ2v) is 5.50. The van der Waals surface area contributed by atoms with E-state index in [1.165, 1.54) is 13.2 Å². The van der Waals surface area contributed by atoms with E-state index in [2.05, 4.69) is 9.46 Å². The molecule has 0 aliphatic carbocycles. The molecular weight excluding hydrogens is 256 g/mol. The first-order chi connectivity index (χ1) is 8.36. The van der Waals surface area contributed by atoms with Crippen LogP contribution >= 0.6 is 0 Å².